The van der Waals surface area contributed by atoms with E-state index in [0.29, 0.717) is 0 Å². The van der Waals surface area contributed by atoms with Crippen LogP contribution in [0.3, 0.4) is 0 Å². The molecule has 0 aromatic heterocycles. The van der Waals surface area contributed by atoms with Gasteiger partial charge in [0, 0.05) is 0 Å². The van der Waals surface area contributed by atoms with E-state index in [1.54, 1.807) is 0 Å². The monoisotopic (exact) mass is 159 g/mol. The van der Waals surface area contributed by atoms with E-state index in [2.05, 4.69) is 36.8 Å². The quantitative estimate of drug-likeness (QED) is 0.550. The summed E-state index contributed by atoms with van der Waals surface area (Å²) < 4.78 is 0. The molecule has 1 saturated carbocycles. The second-order valence-corrected chi connectivity index (χ2v) is 3.55. The van der Waals surface area contributed by atoms with Crippen molar-refractivity contribution in [2.45, 2.75) is 31.6 Å². The molecule has 1 aliphatic carbocycles. The average molecular weight is 159 g/mol. The van der Waals surface area contributed by atoms with Crippen molar-refractivity contribution in [1.29, 1.82) is 0 Å². The predicted molar refractivity (Wildman–Crippen MR) is 52.0 cm³/mol. The van der Waals surface area contributed by atoms with Crippen molar-refractivity contribution in [3.8, 4) is 0 Å². The van der Waals surface area contributed by atoms with Crippen LogP contribution in [0.2, 0.25) is 0 Å². The number of hydrogen-bond donors (Lipinski definition) is 0. The first-order valence-electron chi connectivity index (χ1n) is 4.83. The molecule has 0 unspecified atom stereocenters. The van der Waals surface area contributed by atoms with Crippen LogP contribution in [-0.2, 0) is 0 Å². The van der Waals surface area contributed by atoms with Gasteiger partial charge in [0.15, 0.2) is 0 Å². The normalized spacial score (nSPS) is 18.7. The van der Waals surface area contributed by atoms with Crippen molar-refractivity contribution < 1.29 is 0 Å². The van der Waals surface area contributed by atoms with Crippen molar-refractivity contribution in [1.82, 2.24) is 0 Å². The zero-order chi connectivity index (χ0) is 8.23. The van der Waals surface area contributed by atoms with Crippen molar-refractivity contribution in [3.05, 3.63) is 42.3 Å². The Labute approximate surface area is 74.6 Å². The van der Waals surface area contributed by atoms with Crippen LogP contribution in [0.1, 0.15) is 37.2 Å². The molecule has 0 N–H and O–H groups in total. The summed E-state index contributed by atoms with van der Waals surface area (Å²) in [7, 11) is 0. The number of benzene rings is 1. The highest BCUT2D eigenvalue weighted by atomic mass is 14.2. The zero-order valence-electron chi connectivity index (χ0n) is 7.37. The summed E-state index contributed by atoms with van der Waals surface area (Å²) in [6.45, 7) is 0. The highest BCUT2D eigenvalue weighted by molar-refractivity contribution is 5.20. The molecule has 1 fully saturated rings. The Hall–Kier alpha value is -0.910. The lowest BCUT2D eigenvalue weighted by molar-refractivity contribution is 0.512. The van der Waals surface area contributed by atoms with E-state index in [1.165, 1.54) is 31.2 Å². The summed E-state index contributed by atoms with van der Waals surface area (Å²) in [5, 5.41) is 0. The molecule has 0 saturated heterocycles. The van der Waals surface area contributed by atoms with E-state index < -0.39 is 0 Å². The Bertz CT molecular complexity index is 219. The van der Waals surface area contributed by atoms with Gasteiger partial charge in [-0.3, -0.25) is 0 Å². The van der Waals surface area contributed by atoms with Gasteiger partial charge in [-0.15, -0.1) is 0 Å². The molecule has 0 atom stereocenters. The van der Waals surface area contributed by atoms with Gasteiger partial charge in [-0.05, 0) is 24.3 Å². The summed E-state index contributed by atoms with van der Waals surface area (Å²) in [5.74, 6) is 0.830. The Kier molecular flexibility index (Phi) is 2.36. The maximum absolute atomic E-state index is 2.42. The molecule has 0 aliphatic heterocycles. The topological polar surface area (TPSA) is 0 Å². The van der Waals surface area contributed by atoms with Crippen LogP contribution < -0.4 is 0 Å². The Morgan fingerprint density at radius 1 is 1.00 bits per heavy atom. The van der Waals surface area contributed by atoms with Crippen LogP contribution in [0.5, 0.6) is 0 Å². The van der Waals surface area contributed by atoms with E-state index in [-0.39, 0.29) is 0 Å². The molecule has 0 nitrogen and oxygen atoms in total. The molecule has 0 heterocycles. The lowest BCUT2D eigenvalue weighted by Gasteiger charge is -2.17. The van der Waals surface area contributed by atoms with Crippen LogP contribution in [-0.4, -0.2) is 0 Å². The minimum absolute atomic E-state index is 0.830. The summed E-state index contributed by atoms with van der Waals surface area (Å²) >= 11 is 0. The fraction of sp³-hybridized carbons (Fsp3) is 0.417. The van der Waals surface area contributed by atoms with Crippen molar-refractivity contribution in [2.24, 2.45) is 0 Å². The Morgan fingerprint density at radius 3 is 2.33 bits per heavy atom. The van der Waals surface area contributed by atoms with E-state index in [1.807, 2.05) is 0 Å². The first-order chi connectivity index (χ1) is 5.97. The summed E-state index contributed by atoms with van der Waals surface area (Å²) in [6, 6.07) is 10.9. The van der Waals surface area contributed by atoms with Crippen LogP contribution in [0, 0.1) is 6.42 Å². The van der Waals surface area contributed by atoms with Crippen LogP contribution in [0.4, 0.5) is 0 Å². The number of hydrogen-bond acceptors (Lipinski definition) is 0. The van der Waals surface area contributed by atoms with Gasteiger partial charge >= 0.3 is 0 Å². The molecule has 1 aromatic rings. The summed E-state index contributed by atoms with van der Waals surface area (Å²) in [4.78, 5) is 0. The van der Waals surface area contributed by atoms with Gasteiger partial charge in [0.2, 0.25) is 0 Å². The highest BCUT2D eigenvalue weighted by Crippen LogP contribution is 2.31. The third-order valence-electron chi connectivity index (χ3n) is 2.71. The van der Waals surface area contributed by atoms with Crippen molar-refractivity contribution in [2.75, 3.05) is 0 Å². The molecule has 0 spiro atoms. The summed E-state index contributed by atoms with van der Waals surface area (Å²) in [6.07, 6.45) is 7.73. The zero-order valence-corrected chi connectivity index (χ0v) is 7.37. The van der Waals surface area contributed by atoms with Gasteiger partial charge in [0.05, 0.1) is 19.3 Å². The lowest BCUT2D eigenvalue weighted by atomic mass is 9.84. The second-order valence-electron chi connectivity index (χ2n) is 3.55. The van der Waals surface area contributed by atoms with E-state index in [4.69, 9.17) is 0 Å². The van der Waals surface area contributed by atoms with Gasteiger partial charge in [-0.1, -0.05) is 30.3 Å². The number of rotatable bonds is 1. The average Bonchev–Trinajstić information content (AvgIpc) is 2.21. The lowest BCUT2D eigenvalue weighted by Crippen LogP contribution is -2.04. The molecule has 0 bridgehead atoms. The van der Waals surface area contributed by atoms with Gasteiger partial charge in [0.1, 0.15) is 0 Å². The third kappa shape index (κ3) is 1.63. The highest BCUT2D eigenvalue weighted by Gasteiger charge is 2.19. The standard InChI is InChI=1S/C12H15/c1-3-7-11(8-4-1)12-9-5-2-6-10-12/h1-4,7-8,12H,5-6,9-10H2/q+1. The smallest absolute Gasteiger partial charge is 0.0622 e. The second kappa shape index (κ2) is 3.66. The maximum Gasteiger partial charge on any atom is 0.0881 e. The minimum Gasteiger partial charge on any atom is -0.0622 e. The predicted octanol–water partition coefficient (Wildman–Crippen LogP) is 3.55. The fourth-order valence-corrected chi connectivity index (χ4v) is 1.99. The van der Waals surface area contributed by atoms with Gasteiger partial charge in [-0.25, -0.2) is 0 Å². The first-order valence-corrected chi connectivity index (χ1v) is 4.83. The van der Waals surface area contributed by atoms with Crippen molar-refractivity contribution in [3.63, 3.8) is 0 Å². The first kappa shape index (κ1) is 7.72. The Balaban J connectivity index is 2.08. The molecule has 1 aliphatic rings. The fourth-order valence-electron chi connectivity index (χ4n) is 1.99. The van der Waals surface area contributed by atoms with Crippen LogP contribution in [0.25, 0.3) is 0 Å². The molecular formula is C12H15+. The van der Waals surface area contributed by atoms with Gasteiger partial charge in [0.25, 0.3) is 0 Å². The molecule has 12 heavy (non-hydrogen) atoms. The van der Waals surface area contributed by atoms with Crippen LogP contribution in [0.15, 0.2) is 30.3 Å². The summed E-state index contributed by atoms with van der Waals surface area (Å²) in [5.41, 5.74) is 1.53. The third-order valence-corrected chi connectivity index (χ3v) is 2.71. The molecular weight excluding hydrogens is 144 g/mol. The maximum atomic E-state index is 2.42. The molecule has 0 heteroatoms. The van der Waals surface area contributed by atoms with Gasteiger partial charge < -0.3 is 0 Å². The van der Waals surface area contributed by atoms with E-state index in [0.717, 1.165) is 5.92 Å². The SMILES string of the molecule is c1ccc(C2CC[CH+]CC2)cc1. The molecule has 2 rings (SSSR count). The van der Waals surface area contributed by atoms with Crippen LogP contribution >= 0.6 is 0 Å². The van der Waals surface area contributed by atoms with E-state index >= 15 is 0 Å². The molecule has 1 aromatic carbocycles. The largest absolute Gasteiger partial charge is 0.0881 e. The Morgan fingerprint density at radius 2 is 1.67 bits per heavy atom. The molecule has 0 radical (unpaired) electrons. The minimum atomic E-state index is 0.830. The van der Waals surface area contributed by atoms with Gasteiger partial charge in [-0.2, -0.15) is 0 Å². The molecule has 62 valence electrons. The van der Waals surface area contributed by atoms with Crippen molar-refractivity contribution >= 4 is 0 Å². The molecule has 0 amide bonds. The van der Waals surface area contributed by atoms with E-state index in [9.17, 15) is 0 Å².